The van der Waals surface area contributed by atoms with Crippen molar-refractivity contribution < 1.29 is 4.39 Å². The molecule has 2 rings (SSSR count). The van der Waals surface area contributed by atoms with Gasteiger partial charge in [-0.15, -0.1) is 11.3 Å². The van der Waals surface area contributed by atoms with Crippen LogP contribution in [0.5, 0.6) is 0 Å². The Morgan fingerprint density at radius 3 is 2.94 bits per heavy atom. The molecule has 17 heavy (non-hydrogen) atoms. The first-order valence-electron chi connectivity index (χ1n) is 5.12. The van der Waals surface area contributed by atoms with Crippen LogP contribution in [0.3, 0.4) is 0 Å². The summed E-state index contributed by atoms with van der Waals surface area (Å²) in [5, 5.41) is 6.70. The van der Waals surface area contributed by atoms with Crippen LogP contribution in [0.1, 0.15) is 16.8 Å². The predicted molar refractivity (Wildman–Crippen MR) is 69.2 cm³/mol. The van der Waals surface area contributed by atoms with E-state index < -0.39 is 0 Å². The van der Waals surface area contributed by atoms with Crippen molar-refractivity contribution in [3.05, 3.63) is 46.2 Å². The van der Waals surface area contributed by atoms with Gasteiger partial charge in [0.15, 0.2) is 0 Å². The van der Waals surface area contributed by atoms with Gasteiger partial charge in [0.1, 0.15) is 5.82 Å². The van der Waals surface area contributed by atoms with E-state index in [9.17, 15) is 4.39 Å². The third-order valence-corrected chi connectivity index (χ3v) is 3.09. The van der Waals surface area contributed by atoms with Gasteiger partial charge in [0.25, 0.3) is 0 Å². The van der Waals surface area contributed by atoms with Gasteiger partial charge in [-0.05, 0) is 31.5 Å². The molecule has 1 N–H and O–H groups in total. The molecule has 5 heteroatoms. The summed E-state index contributed by atoms with van der Waals surface area (Å²) in [4.78, 5) is 4.20. The fourth-order valence-electron chi connectivity index (χ4n) is 1.31. The second kappa shape index (κ2) is 5.05. The SMILES string of the molecule is Cc1csc(NN=Cc2cc(F)ccc2C)n1. The topological polar surface area (TPSA) is 37.3 Å². The van der Waals surface area contributed by atoms with Gasteiger partial charge >= 0.3 is 0 Å². The molecule has 3 nitrogen and oxygen atoms in total. The molecular formula is C12H12FN3S. The van der Waals surface area contributed by atoms with Gasteiger partial charge in [0.05, 0.1) is 11.9 Å². The van der Waals surface area contributed by atoms with E-state index >= 15 is 0 Å². The lowest BCUT2D eigenvalue weighted by atomic mass is 10.1. The Labute approximate surface area is 103 Å². The van der Waals surface area contributed by atoms with E-state index in [1.807, 2.05) is 19.2 Å². The average molecular weight is 249 g/mol. The summed E-state index contributed by atoms with van der Waals surface area (Å²) in [6, 6.07) is 4.61. The van der Waals surface area contributed by atoms with Crippen molar-refractivity contribution in [3.8, 4) is 0 Å². The minimum Gasteiger partial charge on any atom is -0.253 e. The van der Waals surface area contributed by atoms with Crippen LogP contribution in [0, 0.1) is 19.7 Å². The summed E-state index contributed by atoms with van der Waals surface area (Å²) < 4.78 is 13.0. The summed E-state index contributed by atoms with van der Waals surface area (Å²) in [7, 11) is 0. The fourth-order valence-corrected chi connectivity index (χ4v) is 1.95. The Bertz CT molecular complexity index is 548. The minimum atomic E-state index is -0.262. The molecule has 1 heterocycles. The quantitative estimate of drug-likeness (QED) is 0.669. The molecule has 0 aliphatic heterocycles. The average Bonchev–Trinajstić information content (AvgIpc) is 2.69. The van der Waals surface area contributed by atoms with Crippen LogP contribution in [0.25, 0.3) is 0 Å². The van der Waals surface area contributed by atoms with Gasteiger partial charge in [-0.3, -0.25) is 5.43 Å². The molecule has 0 bridgehead atoms. The third-order valence-electron chi connectivity index (χ3n) is 2.22. The van der Waals surface area contributed by atoms with Crippen LogP contribution in [0.15, 0.2) is 28.7 Å². The lowest BCUT2D eigenvalue weighted by Crippen LogP contribution is -1.93. The number of rotatable bonds is 3. The first kappa shape index (κ1) is 11.7. The van der Waals surface area contributed by atoms with E-state index in [-0.39, 0.29) is 5.82 Å². The van der Waals surface area contributed by atoms with Crippen molar-refractivity contribution in [1.82, 2.24) is 4.98 Å². The lowest BCUT2D eigenvalue weighted by molar-refractivity contribution is 0.627. The van der Waals surface area contributed by atoms with Crippen molar-refractivity contribution in [3.63, 3.8) is 0 Å². The van der Waals surface area contributed by atoms with E-state index in [1.165, 1.54) is 23.5 Å². The predicted octanol–water partition coefficient (Wildman–Crippen LogP) is 3.35. The molecule has 0 saturated carbocycles. The summed E-state index contributed by atoms with van der Waals surface area (Å²) in [6.07, 6.45) is 1.59. The molecule has 1 aromatic heterocycles. The Morgan fingerprint density at radius 2 is 2.24 bits per heavy atom. The van der Waals surface area contributed by atoms with Gasteiger partial charge in [-0.25, -0.2) is 9.37 Å². The molecule has 2 aromatic rings. The standard InChI is InChI=1S/C12H12FN3S/c1-8-3-4-11(13)5-10(8)6-14-16-12-15-9(2)7-17-12/h3-7H,1-2H3,(H,15,16). The molecule has 0 amide bonds. The number of aryl methyl sites for hydroxylation is 2. The Balaban J connectivity index is 2.07. The second-order valence-corrected chi connectivity index (χ2v) is 4.52. The number of nitrogens with one attached hydrogen (secondary N) is 1. The van der Waals surface area contributed by atoms with E-state index in [1.54, 1.807) is 12.3 Å². The smallest absolute Gasteiger partial charge is 0.203 e. The summed E-state index contributed by atoms with van der Waals surface area (Å²) in [5.74, 6) is -0.262. The number of aromatic nitrogens is 1. The van der Waals surface area contributed by atoms with Crippen LogP contribution >= 0.6 is 11.3 Å². The first-order chi connectivity index (χ1) is 8.15. The molecule has 0 aliphatic rings. The lowest BCUT2D eigenvalue weighted by Gasteiger charge is -1.99. The normalized spacial score (nSPS) is 11.0. The number of thiazole rings is 1. The van der Waals surface area contributed by atoms with Crippen LogP contribution in [0.4, 0.5) is 9.52 Å². The van der Waals surface area contributed by atoms with Crippen molar-refractivity contribution in [2.75, 3.05) is 5.43 Å². The first-order valence-corrected chi connectivity index (χ1v) is 6.00. The van der Waals surface area contributed by atoms with E-state index in [0.29, 0.717) is 0 Å². The number of benzene rings is 1. The summed E-state index contributed by atoms with van der Waals surface area (Å²) in [6.45, 7) is 3.83. The van der Waals surface area contributed by atoms with Crippen LogP contribution in [-0.4, -0.2) is 11.2 Å². The minimum absolute atomic E-state index is 0.262. The molecule has 0 atom stereocenters. The highest BCUT2D eigenvalue weighted by atomic mass is 32.1. The molecule has 0 unspecified atom stereocenters. The summed E-state index contributed by atoms with van der Waals surface area (Å²) in [5.41, 5.74) is 5.50. The second-order valence-electron chi connectivity index (χ2n) is 3.66. The van der Waals surface area contributed by atoms with Crippen LogP contribution < -0.4 is 5.43 Å². The van der Waals surface area contributed by atoms with Crippen LogP contribution in [0.2, 0.25) is 0 Å². The number of nitrogens with zero attached hydrogens (tertiary/aromatic N) is 2. The van der Waals surface area contributed by atoms with E-state index in [4.69, 9.17) is 0 Å². The molecule has 0 spiro atoms. The molecule has 0 aliphatic carbocycles. The fraction of sp³-hybridized carbons (Fsp3) is 0.167. The molecule has 0 saturated heterocycles. The van der Waals surface area contributed by atoms with Crippen molar-refractivity contribution in [1.29, 1.82) is 0 Å². The molecule has 0 fully saturated rings. The van der Waals surface area contributed by atoms with Crippen LogP contribution in [-0.2, 0) is 0 Å². The number of hydrazone groups is 1. The van der Waals surface area contributed by atoms with Gasteiger partial charge in [-0.2, -0.15) is 5.10 Å². The zero-order valence-corrected chi connectivity index (χ0v) is 10.4. The number of anilines is 1. The van der Waals surface area contributed by atoms with Gasteiger partial charge in [0.2, 0.25) is 5.13 Å². The molecule has 1 aromatic carbocycles. The largest absolute Gasteiger partial charge is 0.253 e. The number of hydrogen-bond acceptors (Lipinski definition) is 4. The Kier molecular flexibility index (Phi) is 3.49. The maximum Gasteiger partial charge on any atom is 0.203 e. The zero-order valence-electron chi connectivity index (χ0n) is 9.57. The van der Waals surface area contributed by atoms with Crippen molar-refractivity contribution in [2.24, 2.45) is 5.10 Å². The monoisotopic (exact) mass is 249 g/mol. The zero-order chi connectivity index (χ0) is 12.3. The summed E-state index contributed by atoms with van der Waals surface area (Å²) >= 11 is 1.48. The Morgan fingerprint density at radius 1 is 1.41 bits per heavy atom. The maximum absolute atomic E-state index is 13.0. The van der Waals surface area contributed by atoms with Gasteiger partial charge in [-0.1, -0.05) is 6.07 Å². The van der Waals surface area contributed by atoms with E-state index in [0.717, 1.165) is 22.0 Å². The Hall–Kier alpha value is -1.75. The van der Waals surface area contributed by atoms with Gasteiger partial charge in [0, 0.05) is 10.9 Å². The van der Waals surface area contributed by atoms with Gasteiger partial charge < -0.3 is 0 Å². The van der Waals surface area contributed by atoms with Crippen molar-refractivity contribution >= 4 is 22.7 Å². The van der Waals surface area contributed by atoms with Crippen molar-refractivity contribution in [2.45, 2.75) is 13.8 Å². The molecule has 0 radical (unpaired) electrons. The number of hydrogen-bond donors (Lipinski definition) is 1. The highest BCUT2D eigenvalue weighted by Gasteiger charge is 1.98. The molecular weight excluding hydrogens is 237 g/mol. The molecule has 88 valence electrons. The maximum atomic E-state index is 13.0. The highest BCUT2D eigenvalue weighted by Crippen LogP contribution is 2.14. The third kappa shape index (κ3) is 3.10. The highest BCUT2D eigenvalue weighted by molar-refractivity contribution is 7.13. The van der Waals surface area contributed by atoms with E-state index in [2.05, 4.69) is 15.5 Å². The number of halogens is 1.